The number of hydrogen-bond donors (Lipinski definition) is 2. The van der Waals surface area contributed by atoms with Crippen LogP contribution in [0.1, 0.15) is 22.8 Å². The number of carbonyl (C=O) groups excluding carboxylic acids is 3. The molecular formula is C19H14F3N3O6S. The van der Waals surface area contributed by atoms with Crippen molar-refractivity contribution in [2.45, 2.75) is 24.1 Å². The van der Waals surface area contributed by atoms with Crippen LogP contribution in [0.5, 0.6) is 0 Å². The van der Waals surface area contributed by atoms with Crippen LogP contribution >= 0.6 is 11.8 Å². The fourth-order valence-corrected chi connectivity index (χ4v) is 3.50. The van der Waals surface area contributed by atoms with Crippen LogP contribution in [0.2, 0.25) is 0 Å². The number of ether oxygens (including phenoxy) is 1. The van der Waals surface area contributed by atoms with E-state index in [1.54, 1.807) is 6.07 Å². The van der Waals surface area contributed by atoms with Crippen molar-refractivity contribution in [3.63, 3.8) is 0 Å². The number of carbonyl (C=O) groups is 3. The average molecular weight is 469 g/mol. The number of hydrogen-bond acceptors (Lipinski definition) is 7. The zero-order valence-electron chi connectivity index (χ0n) is 16.2. The molecule has 1 aliphatic heterocycles. The number of fused-ring (bicyclic) bond motifs is 1. The minimum atomic E-state index is -4.97. The van der Waals surface area contributed by atoms with E-state index in [9.17, 15) is 37.7 Å². The van der Waals surface area contributed by atoms with Crippen LogP contribution in [-0.4, -0.2) is 34.6 Å². The molecule has 168 valence electrons. The number of rotatable bonds is 5. The van der Waals surface area contributed by atoms with Crippen molar-refractivity contribution in [1.82, 2.24) is 0 Å². The number of nitrogens with zero attached hydrogens (tertiary/aromatic N) is 1. The molecule has 2 amide bonds. The molecule has 1 atom stereocenters. The molecule has 1 aliphatic rings. The van der Waals surface area contributed by atoms with Gasteiger partial charge in [-0.15, -0.1) is 11.8 Å². The molecular weight excluding hydrogens is 455 g/mol. The Morgan fingerprint density at radius 3 is 2.62 bits per heavy atom. The lowest BCUT2D eigenvalue weighted by atomic mass is 10.1. The van der Waals surface area contributed by atoms with Crippen LogP contribution in [0.4, 0.5) is 30.2 Å². The molecule has 0 saturated heterocycles. The van der Waals surface area contributed by atoms with Gasteiger partial charge in [0, 0.05) is 17.0 Å². The first-order valence-corrected chi connectivity index (χ1v) is 9.88. The van der Waals surface area contributed by atoms with Crippen LogP contribution < -0.4 is 10.6 Å². The van der Waals surface area contributed by atoms with Gasteiger partial charge < -0.3 is 15.4 Å². The highest BCUT2D eigenvalue weighted by molar-refractivity contribution is 8.00. The number of nitrogens with one attached hydrogen (secondary N) is 2. The highest BCUT2D eigenvalue weighted by atomic mass is 32.2. The van der Waals surface area contributed by atoms with Gasteiger partial charge in [-0.3, -0.25) is 19.7 Å². The van der Waals surface area contributed by atoms with E-state index < -0.39 is 46.0 Å². The Labute approximate surface area is 182 Å². The number of halogens is 3. The van der Waals surface area contributed by atoms with Gasteiger partial charge in [0.1, 0.15) is 0 Å². The number of amides is 2. The lowest BCUT2D eigenvalue weighted by Gasteiger charge is -2.18. The average Bonchev–Trinajstić information content (AvgIpc) is 2.72. The number of alkyl halides is 3. The van der Waals surface area contributed by atoms with Crippen LogP contribution in [0.15, 0.2) is 41.3 Å². The third kappa shape index (κ3) is 5.17. The number of nitro benzene ring substituents is 1. The van der Waals surface area contributed by atoms with E-state index in [4.69, 9.17) is 4.74 Å². The monoisotopic (exact) mass is 469 g/mol. The SMILES string of the molecule is CC(OC(=O)c1ccc2c(c1)NC(=O)CS2)C(=O)Nc1ccc([N+](=O)[O-])cc1C(F)(F)F. The van der Waals surface area contributed by atoms with E-state index in [0.717, 1.165) is 24.0 Å². The molecule has 0 radical (unpaired) electrons. The minimum Gasteiger partial charge on any atom is -0.449 e. The summed E-state index contributed by atoms with van der Waals surface area (Å²) in [5.74, 6) is -2.01. The van der Waals surface area contributed by atoms with Crippen molar-refractivity contribution in [3.05, 3.63) is 57.6 Å². The second-order valence-corrected chi connectivity index (χ2v) is 7.59. The quantitative estimate of drug-likeness (QED) is 0.387. The van der Waals surface area contributed by atoms with Gasteiger partial charge in [-0.2, -0.15) is 13.2 Å². The summed E-state index contributed by atoms with van der Waals surface area (Å²) in [6.45, 7) is 1.15. The summed E-state index contributed by atoms with van der Waals surface area (Å²) in [5, 5.41) is 15.3. The molecule has 1 unspecified atom stereocenters. The molecule has 0 bridgehead atoms. The molecule has 9 nitrogen and oxygen atoms in total. The van der Waals surface area contributed by atoms with Crippen molar-refractivity contribution in [1.29, 1.82) is 0 Å². The molecule has 2 N–H and O–H groups in total. The van der Waals surface area contributed by atoms with E-state index in [-0.39, 0.29) is 17.2 Å². The number of thioether (sulfide) groups is 1. The third-order valence-corrected chi connectivity index (χ3v) is 5.35. The van der Waals surface area contributed by atoms with Gasteiger partial charge in [0.2, 0.25) is 5.91 Å². The van der Waals surface area contributed by atoms with E-state index in [2.05, 4.69) is 5.32 Å². The maximum absolute atomic E-state index is 13.2. The molecule has 3 rings (SSSR count). The zero-order valence-corrected chi connectivity index (χ0v) is 17.0. The van der Waals surface area contributed by atoms with Crippen molar-refractivity contribution in [2.24, 2.45) is 0 Å². The third-order valence-electron chi connectivity index (χ3n) is 4.28. The molecule has 0 spiro atoms. The van der Waals surface area contributed by atoms with E-state index in [1.807, 2.05) is 5.32 Å². The molecule has 0 fully saturated rings. The van der Waals surface area contributed by atoms with Gasteiger partial charge in [0.25, 0.3) is 11.6 Å². The maximum Gasteiger partial charge on any atom is 0.418 e. The Morgan fingerprint density at radius 1 is 1.25 bits per heavy atom. The smallest absolute Gasteiger partial charge is 0.418 e. The molecule has 0 saturated carbocycles. The highest BCUT2D eigenvalue weighted by Crippen LogP contribution is 2.37. The van der Waals surface area contributed by atoms with Crippen molar-refractivity contribution >= 4 is 46.6 Å². The molecule has 2 aromatic carbocycles. The second-order valence-electron chi connectivity index (χ2n) is 6.57. The minimum absolute atomic E-state index is 0.0255. The lowest BCUT2D eigenvalue weighted by Crippen LogP contribution is -2.31. The lowest BCUT2D eigenvalue weighted by molar-refractivity contribution is -0.385. The number of esters is 1. The predicted molar refractivity (Wildman–Crippen MR) is 107 cm³/mol. The standard InChI is InChI=1S/C19H14F3N3O6S/c1-9(31-18(28)10-2-5-15-14(6-10)23-16(26)8-32-15)17(27)24-13-4-3-11(25(29)30)7-12(13)19(20,21)22/h2-7,9H,8H2,1H3,(H,23,26)(H,24,27). The summed E-state index contributed by atoms with van der Waals surface area (Å²) in [4.78, 5) is 46.6. The fourth-order valence-electron chi connectivity index (χ4n) is 2.72. The second kappa shape index (κ2) is 8.86. The maximum atomic E-state index is 13.2. The van der Waals surface area contributed by atoms with E-state index >= 15 is 0 Å². The summed E-state index contributed by atoms with van der Waals surface area (Å²) < 4.78 is 44.8. The molecule has 32 heavy (non-hydrogen) atoms. The summed E-state index contributed by atoms with van der Waals surface area (Å²) in [6, 6.07) is 6.23. The first-order valence-electron chi connectivity index (χ1n) is 8.90. The van der Waals surface area contributed by atoms with E-state index in [0.29, 0.717) is 11.8 Å². The van der Waals surface area contributed by atoms with Gasteiger partial charge in [-0.25, -0.2) is 4.79 Å². The van der Waals surface area contributed by atoms with Gasteiger partial charge in [-0.1, -0.05) is 0 Å². The van der Waals surface area contributed by atoms with Crippen molar-refractivity contribution in [3.8, 4) is 0 Å². The van der Waals surface area contributed by atoms with Crippen molar-refractivity contribution in [2.75, 3.05) is 16.4 Å². The number of benzene rings is 2. The molecule has 0 aromatic heterocycles. The summed E-state index contributed by atoms with van der Waals surface area (Å²) in [7, 11) is 0. The van der Waals surface area contributed by atoms with Crippen LogP contribution in [0.25, 0.3) is 0 Å². The fraction of sp³-hybridized carbons (Fsp3) is 0.211. The summed E-state index contributed by atoms with van der Waals surface area (Å²) in [6.07, 6.45) is -6.46. The highest BCUT2D eigenvalue weighted by Gasteiger charge is 2.36. The van der Waals surface area contributed by atoms with Gasteiger partial charge >= 0.3 is 12.1 Å². The topological polar surface area (TPSA) is 128 Å². The van der Waals surface area contributed by atoms with Gasteiger partial charge in [0.15, 0.2) is 6.10 Å². The van der Waals surface area contributed by atoms with Gasteiger partial charge in [0.05, 0.1) is 33.2 Å². The number of anilines is 2. The van der Waals surface area contributed by atoms with Gasteiger partial charge in [-0.05, 0) is 31.2 Å². The molecule has 2 aromatic rings. The van der Waals surface area contributed by atoms with Crippen molar-refractivity contribution < 1.29 is 37.2 Å². The summed E-state index contributed by atoms with van der Waals surface area (Å²) in [5.41, 5.74) is -2.51. The zero-order chi connectivity index (χ0) is 23.6. The normalized spacial score (nSPS) is 14.1. The number of non-ortho nitro benzene ring substituents is 1. The largest absolute Gasteiger partial charge is 0.449 e. The molecule has 13 heteroatoms. The van der Waals surface area contributed by atoms with Crippen LogP contribution in [0.3, 0.4) is 0 Å². The Balaban J connectivity index is 1.73. The number of nitro groups is 1. The Morgan fingerprint density at radius 2 is 1.97 bits per heavy atom. The first-order chi connectivity index (χ1) is 15.0. The molecule has 1 heterocycles. The molecule has 0 aliphatic carbocycles. The Kier molecular flexibility index (Phi) is 6.39. The Hall–Kier alpha value is -3.61. The van der Waals surface area contributed by atoms with Crippen LogP contribution in [-0.2, 0) is 20.5 Å². The first kappa shape index (κ1) is 23.1. The predicted octanol–water partition coefficient (Wildman–Crippen LogP) is 3.84. The summed E-state index contributed by atoms with van der Waals surface area (Å²) >= 11 is 1.28. The Bertz CT molecular complexity index is 1120. The van der Waals surface area contributed by atoms with Crippen LogP contribution in [0, 0.1) is 10.1 Å². The van der Waals surface area contributed by atoms with E-state index in [1.165, 1.54) is 23.9 Å².